The van der Waals surface area contributed by atoms with E-state index in [1.165, 1.54) is 0 Å². The highest BCUT2D eigenvalue weighted by Gasteiger charge is 2.20. The predicted molar refractivity (Wildman–Crippen MR) is 85.4 cm³/mol. The van der Waals surface area contributed by atoms with E-state index < -0.39 is 0 Å². The molecule has 1 aromatic carbocycles. The van der Waals surface area contributed by atoms with Gasteiger partial charge in [0.25, 0.3) is 0 Å². The molecule has 1 aromatic heterocycles. The molecule has 1 nitrogen and oxygen atoms in total. The number of halogens is 4. The fraction of sp³-hybridized carbons (Fsp3) is 0.167. The van der Waals surface area contributed by atoms with Gasteiger partial charge in [0, 0.05) is 15.5 Å². The van der Waals surface area contributed by atoms with Crippen molar-refractivity contribution >= 4 is 66.4 Å². The van der Waals surface area contributed by atoms with E-state index in [4.69, 9.17) is 27.9 Å². The number of benzene rings is 1. The molecule has 0 radical (unpaired) electrons. The molecule has 0 aliphatic carbocycles. The van der Waals surface area contributed by atoms with E-state index in [-0.39, 0.29) is 5.38 Å². The first kappa shape index (κ1) is 14.7. The number of rotatable bonds is 3. The van der Waals surface area contributed by atoms with E-state index in [2.05, 4.69) is 31.9 Å². The van der Waals surface area contributed by atoms with Gasteiger partial charge in [-0.05, 0) is 56.1 Å². The van der Waals surface area contributed by atoms with Crippen molar-refractivity contribution in [1.29, 1.82) is 0 Å². The second kappa shape index (κ2) is 6.14. The average Bonchev–Trinajstić information content (AvgIpc) is 2.74. The van der Waals surface area contributed by atoms with E-state index in [1.54, 1.807) is 24.5 Å². The van der Waals surface area contributed by atoms with E-state index in [9.17, 15) is 0 Å². The Morgan fingerprint density at radius 2 is 2.00 bits per heavy atom. The van der Waals surface area contributed by atoms with Gasteiger partial charge in [-0.2, -0.15) is 0 Å². The summed E-state index contributed by atoms with van der Waals surface area (Å²) < 4.78 is 7.23. The van der Waals surface area contributed by atoms with Gasteiger partial charge in [-0.15, -0.1) is 22.9 Å². The maximum Gasteiger partial charge on any atom is 0.138 e. The van der Waals surface area contributed by atoms with Gasteiger partial charge < -0.3 is 4.74 Å². The van der Waals surface area contributed by atoms with Crippen LogP contribution in [-0.4, -0.2) is 7.11 Å². The number of hydrogen-bond donors (Lipinski definition) is 0. The Kier molecular flexibility index (Phi) is 5.00. The molecule has 0 N–H and O–H groups in total. The molecule has 18 heavy (non-hydrogen) atoms. The molecule has 96 valence electrons. The molecule has 0 aliphatic rings. The quantitative estimate of drug-likeness (QED) is 0.522. The van der Waals surface area contributed by atoms with Gasteiger partial charge in [0.05, 0.1) is 20.7 Å². The Labute approximate surface area is 136 Å². The summed E-state index contributed by atoms with van der Waals surface area (Å²) >= 11 is 21.0. The molecule has 0 spiro atoms. The molecule has 1 atom stereocenters. The van der Waals surface area contributed by atoms with Crippen molar-refractivity contribution in [3.05, 3.63) is 48.0 Å². The summed E-state index contributed by atoms with van der Waals surface area (Å²) in [5.74, 6) is 0.712. The van der Waals surface area contributed by atoms with Crippen molar-refractivity contribution in [2.45, 2.75) is 5.38 Å². The lowest BCUT2D eigenvalue weighted by Crippen LogP contribution is -1.97. The number of alkyl halides is 1. The Hall–Kier alpha value is 0.260. The minimum absolute atomic E-state index is 0.286. The third-order valence-electron chi connectivity index (χ3n) is 2.36. The van der Waals surface area contributed by atoms with Crippen molar-refractivity contribution in [2.75, 3.05) is 7.11 Å². The summed E-state index contributed by atoms with van der Waals surface area (Å²) in [5, 5.41) is 0.338. The average molecular weight is 431 g/mol. The molecule has 0 bridgehead atoms. The first-order chi connectivity index (χ1) is 8.52. The van der Waals surface area contributed by atoms with E-state index in [0.717, 1.165) is 18.7 Å². The molecule has 0 aliphatic heterocycles. The van der Waals surface area contributed by atoms with Crippen LogP contribution in [-0.2, 0) is 0 Å². The van der Waals surface area contributed by atoms with Gasteiger partial charge in [-0.25, -0.2) is 0 Å². The van der Waals surface area contributed by atoms with Gasteiger partial charge in [0.2, 0.25) is 0 Å². The fourth-order valence-corrected chi connectivity index (χ4v) is 4.39. The van der Waals surface area contributed by atoms with Gasteiger partial charge in [-0.1, -0.05) is 11.6 Å². The Morgan fingerprint density at radius 1 is 1.28 bits per heavy atom. The molecular formula is C12H8Br2Cl2OS. The Balaban J connectivity index is 2.49. The van der Waals surface area contributed by atoms with Crippen LogP contribution in [0.1, 0.15) is 15.8 Å². The number of methoxy groups -OCH3 is 1. The minimum atomic E-state index is -0.286. The normalized spacial score (nSPS) is 12.5. The van der Waals surface area contributed by atoms with Gasteiger partial charge in [-0.3, -0.25) is 0 Å². The van der Waals surface area contributed by atoms with Crippen LogP contribution >= 0.6 is 66.4 Å². The summed E-state index contributed by atoms with van der Waals surface area (Å²) in [6.07, 6.45) is 0. The van der Waals surface area contributed by atoms with Crippen molar-refractivity contribution < 1.29 is 4.74 Å². The van der Waals surface area contributed by atoms with Crippen LogP contribution in [0.3, 0.4) is 0 Å². The molecule has 2 rings (SSSR count). The summed E-state index contributed by atoms with van der Waals surface area (Å²) in [7, 11) is 1.62. The SMILES string of the molecule is COc1c(Br)cc(Cl)cc1C(Cl)c1ccc(Br)s1. The van der Waals surface area contributed by atoms with Gasteiger partial charge in [0.1, 0.15) is 5.75 Å². The zero-order valence-electron chi connectivity index (χ0n) is 9.22. The van der Waals surface area contributed by atoms with Crippen LogP contribution in [0.2, 0.25) is 5.02 Å². The van der Waals surface area contributed by atoms with Crippen molar-refractivity contribution in [3.63, 3.8) is 0 Å². The molecular weight excluding hydrogens is 423 g/mol. The zero-order valence-corrected chi connectivity index (χ0v) is 14.7. The van der Waals surface area contributed by atoms with Crippen LogP contribution in [0, 0.1) is 0 Å². The lowest BCUT2D eigenvalue weighted by atomic mass is 10.1. The number of hydrogen-bond acceptors (Lipinski definition) is 2. The monoisotopic (exact) mass is 428 g/mol. The third-order valence-corrected chi connectivity index (χ3v) is 5.45. The highest BCUT2D eigenvalue weighted by molar-refractivity contribution is 9.11. The standard InChI is InChI=1S/C12H8Br2Cl2OS/c1-17-12-7(4-6(15)5-8(12)13)11(16)9-2-3-10(14)18-9/h2-5,11H,1H3. The molecule has 1 unspecified atom stereocenters. The summed E-state index contributed by atoms with van der Waals surface area (Å²) in [4.78, 5) is 1.04. The van der Waals surface area contributed by atoms with Gasteiger partial charge in [0.15, 0.2) is 0 Å². The topological polar surface area (TPSA) is 9.23 Å². The zero-order chi connectivity index (χ0) is 13.3. The van der Waals surface area contributed by atoms with Crippen LogP contribution in [0.5, 0.6) is 5.75 Å². The molecule has 1 heterocycles. The highest BCUT2D eigenvalue weighted by atomic mass is 79.9. The molecule has 0 amide bonds. The first-order valence-electron chi connectivity index (χ1n) is 4.95. The maximum absolute atomic E-state index is 6.50. The van der Waals surface area contributed by atoms with E-state index in [0.29, 0.717) is 10.8 Å². The molecule has 6 heteroatoms. The second-order valence-corrected chi connectivity index (χ2v) is 7.74. The Bertz CT molecular complexity index is 571. The fourth-order valence-electron chi connectivity index (χ4n) is 1.60. The first-order valence-corrected chi connectivity index (χ1v) is 8.17. The largest absolute Gasteiger partial charge is 0.495 e. The summed E-state index contributed by atoms with van der Waals surface area (Å²) in [6.45, 7) is 0. The van der Waals surface area contributed by atoms with Gasteiger partial charge >= 0.3 is 0 Å². The van der Waals surface area contributed by atoms with Crippen LogP contribution in [0.15, 0.2) is 32.5 Å². The van der Waals surface area contributed by atoms with Crippen molar-refractivity contribution in [1.82, 2.24) is 0 Å². The van der Waals surface area contributed by atoms with Crippen LogP contribution in [0.4, 0.5) is 0 Å². The summed E-state index contributed by atoms with van der Waals surface area (Å²) in [5.41, 5.74) is 0.855. The summed E-state index contributed by atoms with van der Waals surface area (Å²) in [6, 6.07) is 7.58. The van der Waals surface area contributed by atoms with Crippen molar-refractivity contribution in [3.8, 4) is 5.75 Å². The van der Waals surface area contributed by atoms with E-state index >= 15 is 0 Å². The smallest absolute Gasteiger partial charge is 0.138 e. The van der Waals surface area contributed by atoms with Crippen LogP contribution in [0.25, 0.3) is 0 Å². The molecule has 0 saturated carbocycles. The highest BCUT2D eigenvalue weighted by Crippen LogP contribution is 2.43. The predicted octanol–water partition coefficient (Wildman–Crippen LogP) is 6.26. The number of ether oxygens (including phenoxy) is 1. The molecule has 0 fully saturated rings. The van der Waals surface area contributed by atoms with Crippen LogP contribution < -0.4 is 4.74 Å². The molecule has 2 aromatic rings. The number of thiophene rings is 1. The van der Waals surface area contributed by atoms with E-state index in [1.807, 2.05) is 18.2 Å². The minimum Gasteiger partial charge on any atom is -0.495 e. The maximum atomic E-state index is 6.50. The lowest BCUT2D eigenvalue weighted by molar-refractivity contribution is 0.407. The molecule has 0 saturated heterocycles. The second-order valence-electron chi connectivity index (χ2n) is 3.51. The Morgan fingerprint density at radius 3 is 2.56 bits per heavy atom. The third kappa shape index (κ3) is 3.05. The lowest BCUT2D eigenvalue weighted by Gasteiger charge is -2.15. The van der Waals surface area contributed by atoms with Crippen molar-refractivity contribution in [2.24, 2.45) is 0 Å².